The van der Waals surface area contributed by atoms with Gasteiger partial charge in [0.15, 0.2) is 0 Å². The van der Waals surface area contributed by atoms with Gasteiger partial charge in [0.2, 0.25) is 0 Å². The molecule has 0 spiro atoms. The van der Waals surface area contributed by atoms with Gasteiger partial charge in [0.1, 0.15) is 0 Å². The molecule has 0 aromatic rings. The maximum atomic E-state index is 9.20. The molecule has 0 rings (SSSR count). The molecule has 0 fully saturated rings. The lowest BCUT2D eigenvalue weighted by atomic mass is 10.1. The van der Waals surface area contributed by atoms with Gasteiger partial charge in [-0.25, -0.2) is 0 Å². The van der Waals surface area contributed by atoms with Gasteiger partial charge in [-0.1, -0.05) is 0 Å². The van der Waals surface area contributed by atoms with Crippen LogP contribution in [-0.4, -0.2) is 29.6 Å². The molecule has 0 atom stereocenters. The predicted octanol–water partition coefficient (Wildman–Crippen LogP) is 0.505. The Labute approximate surface area is 87.5 Å². The second-order valence-electron chi connectivity index (χ2n) is 3.49. The van der Waals surface area contributed by atoms with Crippen molar-refractivity contribution in [2.24, 2.45) is 0 Å². The van der Waals surface area contributed by atoms with E-state index < -0.39 is 18.8 Å². The molecule has 4 N–H and O–H groups in total. The first-order valence-electron chi connectivity index (χ1n) is 3.29. The van der Waals surface area contributed by atoms with Gasteiger partial charge >= 0.3 is 0 Å². The van der Waals surface area contributed by atoms with Crippen LogP contribution in [0.15, 0.2) is 0 Å². The van der Waals surface area contributed by atoms with Crippen LogP contribution >= 0.6 is 13.3 Å². The molecule has 0 bridgehead atoms. The molecular formula is C4H13NO4P2S2. The zero-order valence-electron chi connectivity index (χ0n) is 7.45. The van der Waals surface area contributed by atoms with Gasteiger partial charge in [0.05, 0.1) is 0 Å². The molecule has 0 aromatic carbocycles. The Morgan fingerprint density at radius 3 is 1.15 bits per heavy atom. The fraction of sp³-hybridized carbons (Fsp3) is 1.00. The Bertz CT molecular complexity index is 254. The minimum Gasteiger partial charge on any atom is -0.333 e. The lowest BCUT2D eigenvalue weighted by Crippen LogP contribution is -2.35. The average Bonchev–Trinajstić information content (AvgIpc) is 1.44. The van der Waals surface area contributed by atoms with Crippen molar-refractivity contribution in [2.45, 2.75) is 26.3 Å². The van der Waals surface area contributed by atoms with Crippen molar-refractivity contribution in [3.05, 3.63) is 0 Å². The smallest absolute Gasteiger partial charge is 0.266 e. The Morgan fingerprint density at radius 2 is 1.15 bits per heavy atom. The Hall–Kier alpha value is 1.10. The van der Waals surface area contributed by atoms with Gasteiger partial charge in [0, 0.05) is 5.54 Å². The summed E-state index contributed by atoms with van der Waals surface area (Å²) < 4.78 is 0.637. The van der Waals surface area contributed by atoms with E-state index in [9.17, 15) is 19.6 Å². The van der Waals surface area contributed by atoms with Gasteiger partial charge in [0.25, 0.3) is 13.3 Å². The summed E-state index contributed by atoms with van der Waals surface area (Å²) >= 11 is 8.78. The lowest BCUT2D eigenvalue weighted by Gasteiger charge is -2.39. The normalized spacial score (nSPS) is 15.1. The van der Waals surface area contributed by atoms with Crippen molar-refractivity contribution >= 4 is 36.9 Å². The largest absolute Gasteiger partial charge is 0.333 e. The van der Waals surface area contributed by atoms with Crippen molar-refractivity contribution < 1.29 is 19.6 Å². The summed E-state index contributed by atoms with van der Waals surface area (Å²) in [7, 11) is 0. The highest BCUT2D eigenvalue weighted by molar-refractivity contribution is 8.16. The van der Waals surface area contributed by atoms with E-state index in [2.05, 4.69) is 23.6 Å². The van der Waals surface area contributed by atoms with E-state index in [1.165, 1.54) is 0 Å². The van der Waals surface area contributed by atoms with Crippen LogP contribution in [-0.2, 0) is 23.6 Å². The molecule has 0 aliphatic rings. The van der Waals surface area contributed by atoms with Crippen molar-refractivity contribution in [1.29, 1.82) is 0 Å². The SMILES string of the molecule is CC(C)(C)N(P(O)(O)=S)P(O)(O)=S. The van der Waals surface area contributed by atoms with Gasteiger partial charge in [-0.05, 0) is 44.4 Å². The van der Waals surface area contributed by atoms with Crippen LogP contribution in [0.2, 0.25) is 0 Å². The summed E-state index contributed by atoms with van der Waals surface area (Å²) in [6, 6.07) is 0. The van der Waals surface area contributed by atoms with Crippen LogP contribution in [0.5, 0.6) is 0 Å². The molecule has 9 heteroatoms. The second kappa shape index (κ2) is 3.93. The van der Waals surface area contributed by atoms with Gasteiger partial charge in [-0.2, -0.15) is 4.44 Å². The lowest BCUT2D eigenvalue weighted by molar-refractivity contribution is 0.273. The van der Waals surface area contributed by atoms with Crippen LogP contribution in [0.3, 0.4) is 0 Å². The molecule has 0 aliphatic heterocycles. The molecule has 0 radical (unpaired) electrons. The summed E-state index contributed by atoms with van der Waals surface area (Å²) in [5.41, 5.74) is -0.891. The highest BCUT2D eigenvalue weighted by atomic mass is 32.5. The number of nitrogens with zero attached hydrogens (tertiary/aromatic N) is 1. The summed E-state index contributed by atoms with van der Waals surface area (Å²) in [5, 5.41) is 0. The van der Waals surface area contributed by atoms with E-state index in [1.807, 2.05) is 0 Å². The van der Waals surface area contributed by atoms with Crippen LogP contribution in [0.25, 0.3) is 0 Å². The molecule has 13 heavy (non-hydrogen) atoms. The standard InChI is InChI=1S/C4H13NO4P2S2/c1-4(2,3)5(10(6,7)12)11(8,9)13/h1-3H3,(H2,6,7,12)(H2,8,9,13). The highest BCUT2D eigenvalue weighted by Gasteiger charge is 2.40. The molecule has 5 nitrogen and oxygen atoms in total. The van der Waals surface area contributed by atoms with E-state index in [-0.39, 0.29) is 0 Å². The molecule has 0 aliphatic carbocycles. The zero-order valence-corrected chi connectivity index (χ0v) is 10.9. The topological polar surface area (TPSA) is 84.2 Å². The molecule has 0 heterocycles. The van der Waals surface area contributed by atoms with E-state index in [0.717, 1.165) is 0 Å². The Morgan fingerprint density at radius 1 is 0.923 bits per heavy atom. The summed E-state index contributed by atoms with van der Waals surface area (Å²) in [6.07, 6.45) is 0. The van der Waals surface area contributed by atoms with Crippen LogP contribution in [0.1, 0.15) is 20.8 Å². The van der Waals surface area contributed by atoms with Crippen LogP contribution < -0.4 is 0 Å². The summed E-state index contributed by atoms with van der Waals surface area (Å²) in [4.78, 5) is 36.8. The molecule has 0 unspecified atom stereocenters. The minimum atomic E-state index is -3.91. The predicted molar refractivity (Wildman–Crippen MR) is 59.0 cm³/mol. The van der Waals surface area contributed by atoms with Crippen molar-refractivity contribution in [3.8, 4) is 0 Å². The quantitative estimate of drug-likeness (QED) is 0.541. The zero-order chi connectivity index (χ0) is 11.1. The van der Waals surface area contributed by atoms with Gasteiger partial charge < -0.3 is 19.6 Å². The van der Waals surface area contributed by atoms with Gasteiger partial charge in [-0.15, -0.1) is 0 Å². The average molecular weight is 265 g/mol. The van der Waals surface area contributed by atoms with Crippen molar-refractivity contribution in [3.63, 3.8) is 0 Å². The third kappa shape index (κ3) is 4.42. The van der Waals surface area contributed by atoms with E-state index in [4.69, 9.17) is 0 Å². The van der Waals surface area contributed by atoms with Crippen LogP contribution in [0.4, 0.5) is 0 Å². The summed E-state index contributed by atoms with van der Waals surface area (Å²) in [5.74, 6) is 0. The minimum absolute atomic E-state index is 0.637. The fourth-order valence-electron chi connectivity index (χ4n) is 0.933. The molecule has 0 saturated carbocycles. The van der Waals surface area contributed by atoms with Gasteiger partial charge in [-0.3, -0.25) is 0 Å². The molecule has 80 valence electrons. The maximum absolute atomic E-state index is 9.20. The monoisotopic (exact) mass is 265 g/mol. The van der Waals surface area contributed by atoms with Crippen molar-refractivity contribution in [1.82, 2.24) is 4.44 Å². The maximum Gasteiger partial charge on any atom is 0.266 e. The van der Waals surface area contributed by atoms with E-state index in [1.54, 1.807) is 20.8 Å². The first kappa shape index (κ1) is 14.1. The highest BCUT2D eigenvalue weighted by Crippen LogP contribution is 2.62. The summed E-state index contributed by atoms with van der Waals surface area (Å²) in [6.45, 7) is -3.12. The van der Waals surface area contributed by atoms with E-state index >= 15 is 0 Å². The Balaban J connectivity index is 5.28. The molecule has 0 amide bonds. The molecule has 0 aromatic heterocycles. The van der Waals surface area contributed by atoms with Crippen LogP contribution in [0, 0.1) is 0 Å². The number of hydrogen-bond acceptors (Lipinski definition) is 2. The van der Waals surface area contributed by atoms with Crippen molar-refractivity contribution in [2.75, 3.05) is 0 Å². The Kier molecular flexibility index (Phi) is 4.26. The number of hydrogen-bond donors (Lipinski definition) is 4. The third-order valence-corrected chi connectivity index (χ3v) is 6.48. The fourth-order valence-corrected chi connectivity index (χ4v) is 7.43. The molecule has 0 saturated heterocycles. The number of rotatable bonds is 2. The van der Waals surface area contributed by atoms with E-state index in [0.29, 0.717) is 4.44 Å². The second-order valence-corrected chi connectivity index (χ2v) is 9.59. The first-order valence-corrected chi connectivity index (χ1v) is 8.61. The first-order chi connectivity index (χ1) is 5.37. The molecular weight excluding hydrogens is 252 g/mol. The third-order valence-electron chi connectivity index (χ3n) is 1.09.